The average molecular weight is 483 g/mol. The van der Waals surface area contributed by atoms with Crippen molar-refractivity contribution in [2.45, 2.75) is 32.4 Å². The van der Waals surface area contributed by atoms with Crippen LogP contribution in [0.15, 0.2) is 24.5 Å². The zero-order valence-corrected chi connectivity index (χ0v) is 20.5. The van der Waals surface area contributed by atoms with Crippen molar-refractivity contribution in [2.75, 3.05) is 6.61 Å². The van der Waals surface area contributed by atoms with Crippen LogP contribution in [0.5, 0.6) is 0 Å². The number of hydrogen-bond acceptors (Lipinski definition) is 4. The van der Waals surface area contributed by atoms with E-state index in [1.807, 2.05) is 36.1 Å². The van der Waals surface area contributed by atoms with Crippen molar-refractivity contribution in [1.82, 2.24) is 24.3 Å². The first-order chi connectivity index (χ1) is 14.1. The van der Waals surface area contributed by atoms with E-state index < -0.39 is 8.07 Å². The Kier molecular flexibility index (Phi) is 5.85. The minimum absolute atomic E-state index is 0.0920. The molecule has 1 aromatic carbocycles. The van der Waals surface area contributed by atoms with E-state index in [1.54, 1.807) is 4.68 Å². The third-order valence-corrected chi connectivity index (χ3v) is 7.45. The number of fused-ring (bicyclic) bond motifs is 2. The highest BCUT2D eigenvalue weighted by molar-refractivity contribution is 6.76. The van der Waals surface area contributed by atoms with Gasteiger partial charge in [-0.25, -0.2) is 4.98 Å². The van der Waals surface area contributed by atoms with Crippen LogP contribution in [-0.4, -0.2) is 39.0 Å². The van der Waals surface area contributed by atoms with Crippen LogP contribution >= 0.6 is 34.8 Å². The van der Waals surface area contributed by atoms with Gasteiger partial charge < -0.3 is 9.30 Å². The molecule has 4 aromatic rings. The van der Waals surface area contributed by atoms with Gasteiger partial charge in [-0.1, -0.05) is 48.9 Å². The number of halogens is 3. The number of aromatic nitrogens is 5. The van der Waals surface area contributed by atoms with Crippen molar-refractivity contribution < 1.29 is 4.74 Å². The molecule has 0 aliphatic rings. The molecule has 0 N–H and O–H groups in total. The van der Waals surface area contributed by atoms with Crippen LogP contribution in [0.2, 0.25) is 41.1 Å². The van der Waals surface area contributed by atoms with E-state index in [-0.39, 0.29) is 10.4 Å². The fraction of sp³-hybridized carbons (Fsp3) is 0.350. The summed E-state index contributed by atoms with van der Waals surface area (Å²) in [5.74, 6) is 0. The van der Waals surface area contributed by atoms with Crippen LogP contribution < -0.4 is 0 Å². The highest BCUT2D eigenvalue weighted by Crippen LogP contribution is 2.40. The van der Waals surface area contributed by atoms with E-state index in [1.165, 1.54) is 0 Å². The molecule has 158 valence electrons. The van der Waals surface area contributed by atoms with Crippen LogP contribution in [0.3, 0.4) is 0 Å². The van der Waals surface area contributed by atoms with Crippen molar-refractivity contribution in [3.05, 3.63) is 40.0 Å². The summed E-state index contributed by atoms with van der Waals surface area (Å²) in [5, 5.41) is 6.96. The molecule has 3 heterocycles. The highest BCUT2D eigenvalue weighted by atomic mass is 35.5. The van der Waals surface area contributed by atoms with E-state index in [9.17, 15) is 0 Å². The second kappa shape index (κ2) is 8.13. The molecule has 0 saturated heterocycles. The van der Waals surface area contributed by atoms with E-state index in [4.69, 9.17) is 39.5 Å². The van der Waals surface area contributed by atoms with Gasteiger partial charge in [-0.2, -0.15) is 10.1 Å². The molecule has 6 nitrogen and oxygen atoms in total. The van der Waals surface area contributed by atoms with Gasteiger partial charge in [-0.3, -0.25) is 4.68 Å². The Morgan fingerprint density at radius 3 is 2.53 bits per heavy atom. The maximum absolute atomic E-state index is 6.76. The Labute approximate surface area is 190 Å². The predicted octanol–water partition coefficient (Wildman–Crippen LogP) is 6.26. The molecule has 0 aliphatic heterocycles. The van der Waals surface area contributed by atoms with Crippen LogP contribution in [0.25, 0.3) is 33.1 Å². The Hall–Kier alpha value is -1.64. The van der Waals surface area contributed by atoms with Crippen molar-refractivity contribution in [1.29, 1.82) is 0 Å². The summed E-state index contributed by atoms with van der Waals surface area (Å²) in [7, 11) is 0.694. The second-order valence-electron chi connectivity index (χ2n) is 8.51. The number of benzene rings is 1. The summed E-state index contributed by atoms with van der Waals surface area (Å²) in [6, 6.07) is 4.96. The van der Waals surface area contributed by atoms with Gasteiger partial charge in [0.1, 0.15) is 17.5 Å². The van der Waals surface area contributed by atoms with Gasteiger partial charge in [-0.15, -0.1) is 0 Å². The molecule has 0 atom stereocenters. The van der Waals surface area contributed by atoms with E-state index >= 15 is 0 Å². The fourth-order valence-electron chi connectivity index (χ4n) is 3.35. The van der Waals surface area contributed by atoms with Gasteiger partial charge in [0.25, 0.3) is 0 Å². The summed E-state index contributed by atoms with van der Waals surface area (Å²) in [5.41, 5.74) is 3.10. The normalized spacial score (nSPS) is 12.4. The van der Waals surface area contributed by atoms with Gasteiger partial charge >= 0.3 is 0 Å². The van der Waals surface area contributed by atoms with Gasteiger partial charge in [0.2, 0.25) is 5.28 Å². The molecule has 0 aliphatic carbocycles. The molecule has 0 saturated carbocycles. The third-order valence-electron chi connectivity index (χ3n) is 4.90. The average Bonchev–Trinajstić information content (AvgIpc) is 3.19. The number of ether oxygens (including phenoxy) is 1. The third kappa shape index (κ3) is 4.22. The predicted molar refractivity (Wildman–Crippen MR) is 126 cm³/mol. The maximum Gasteiger partial charge on any atom is 0.225 e. The van der Waals surface area contributed by atoms with Gasteiger partial charge in [-0.05, 0) is 23.7 Å². The minimum atomic E-state index is -1.17. The van der Waals surface area contributed by atoms with Crippen LogP contribution in [0.4, 0.5) is 0 Å². The number of rotatable bonds is 6. The van der Waals surface area contributed by atoms with E-state index in [0.29, 0.717) is 29.4 Å². The topological polar surface area (TPSA) is 57.8 Å². The monoisotopic (exact) mass is 481 g/mol. The molecule has 3 aromatic heterocycles. The minimum Gasteiger partial charge on any atom is -0.361 e. The summed E-state index contributed by atoms with van der Waals surface area (Å²) in [6.07, 6.45) is 3.84. The molecule has 0 unspecified atom stereocenters. The number of hydrogen-bond donors (Lipinski definition) is 0. The maximum atomic E-state index is 6.76. The number of aryl methyl sites for hydroxylation is 1. The van der Waals surface area contributed by atoms with E-state index in [0.717, 1.165) is 28.1 Å². The first-order valence-corrected chi connectivity index (χ1v) is 14.4. The lowest BCUT2D eigenvalue weighted by atomic mass is 10.0. The lowest BCUT2D eigenvalue weighted by molar-refractivity contribution is 0.0899. The Bertz CT molecular complexity index is 1250. The molecule has 10 heteroatoms. The summed E-state index contributed by atoms with van der Waals surface area (Å²) < 4.78 is 9.58. The van der Waals surface area contributed by atoms with Crippen molar-refractivity contribution in [3.63, 3.8) is 0 Å². The van der Waals surface area contributed by atoms with E-state index in [2.05, 4.69) is 34.7 Å². The molecule has 0 amide bonds. The Balaban J connectivity index is 1.80. The Morgan fingerprint density at radius 1 is 1.03 bits per heavy atom. The Morgan fingerprint density at radius 2 is 1.80 bits per heavy atom. The second-order valence-corrected chi connectivity index (χ2v) is 15.2. The molecule has 0 radical (unpaired) electrons. The largest absolute Gasteiger partial charge is 0.361 e. The first-order valence-electron chi connectivity index (χ1n) is 9.56. The lowest BCUT2D eigenvalue weighted by Crippen LogP contribution is -2.22. The molecule has 0 fully saturated rings. The molecular formula is C20H22Cl3N5OSi. The van der Waals surface area contributed by atoms with Crippen molar-refractivity contribution in [2.24, 2.45) is 7.05 Å². The molecule has 0 spiro atoms. The van der Waals surface area contributed by atoms with Crippen LogP contribution in [0.1, 0.15) is 0 Å². The first kappa shape index (κ1) is 21.6. The standard InChI is InChI=1S/C20H22Cl3N5OSi/c1-27-9-14-15(26-27)6-5-12(17(14)21)13-10-28(11-29-7-8-30(2,3)4)19-16(13)18(22)24-20(23)25-19/h5-6,9-10H,7-8,11H2,1-4H3. The number of nitrogens with zero attached hydrogens (tertiary/aromatic N) is 5. The molecule has 30 heavy (non-hydrogen) atoms. The van der Waals surface area contributed by atoms with Crippen molar-refractivity contribution in [3.8, 4) is 11.1 Å². The summed E-state index contributed by atoms with van der Waals surface area (Å²) >= 11 is 19.3. The van der Waals surface area contributed by atoms with Gasteiger partial charge in [0.15, 0.2) is 0 Å². The SMILES string of the molecule is Cn1cc2c(Cl)c(-c3cn(COCC[Si](C)(C)C)c4nc(Cl)nc(Cl)c34)ccc2n1. The smallest absolute Gasteiger partial charge is 0.225 e. The fourth-order valence-corrected chi connectivity index (χ4v) is 4.89. The molecular weight excluding hydrogens is 461 g/mol. The lowest BCUT2D eigenvalue weighted by Gasteiger charge is -2.15. The van der Waals surface area contributed by atoms with Crippen molar-refractivity contribution >= 4 is 64.8 Å². The zero-order chi connectivity index (χ0) is 21.6. The highest BCUT2D eigenvalue weighted by Gasteiger charge is 2.20. The molecule has 0 bridgehead atoms. The van der Waals surface area contributed by atoms with Gasteiger partial charge in [0.05, 0.1) is 15.9 Å². The summed E-state index contributed by atoms with van der Waals surface area (Å²) in [6.45, 7) is 8.01. The zero-order valence-electron chi connectivity index (χ0n) is 17.2. The molecule has 4 rings (SSSR count). The quantitative estimate of drug-likeness (QED) is 0.141. The van der Waals surface area contributed by atoms with Crippen LogP contribution in [0, 0.1) is 0 Å². The van der Waals surface area contributed by atoms with Gasteiger partial charge in [0, 0.05) is 50.6 Å². The summed E-state index contributed by atoms with van der Waals surface area (Å²) in [4.78, 5) is 8.55. The van der Waals surface area contributed by atoms with Crippen LogP contribution in [-0.2, 0) is 18.5 Å².